The molecule has 13 heavy (non-hydrogen) atoms. The molecule has 0 fully saturated rings. The number of fused-ring (bicyclic) bond motifs is 6. The van der Waals surface area contributed by atoms with E-state index in [0.29, 0.717) is 11.2 Å². The summed E-state index contributed by atoms with van der Waals surface area (Å²) >= 11 is 0. The molecule has 0 amide bonds. The molecule has 0 spiro atoms. The maximum atomic E-state index is 10.7. The van der Waals surface area contributed by atoms with E-state index < -0.39 is 11.6 Å². The van der Waals surface area contributed by atoms with Crippen LogP contribution < -0.4 is 11.6 Å². The number of rotatable bonds is 0. The van der Waals surface area contributed by atoms with Gasteiger partial charge in [-0.3, -0.25) is 0 Å². The van der Waals surface area contributed by atoms with E-state index in [1.165, 1.54) is 24.3 Å². The smallest absolute Gasteiger partial charge is 0.395 e. The first-order valence-corrected chi connectivity index (χ1v) is 3.45. The molecule has 2 aromatic heterocycles. The number of benzene rings is 1. The van der Waals surface area contributed by atoms with Gasteiger partial charge in [-0.05, 0) is 24.3 Å². The van der Waals surface area contributed by atoms with E-state index in [1.807, 2.05) is 0 Å². The van der Waals surface area contributed by atoms with Crippen LogP contribution in [0.3, 0.4) is 0 Å². The van der Waals surface area contributed by atoms with Crippen molar-refractivity contribution in [2.75, 3.05) is 0 Å². The molecule has 0 aliphatic carbocycles. The van der Waals surface area contributed by atoms with Gasteiger partial charge in [-0.25, -0.2) is 9.59 Å². The van der Waals surface area contributed by atoms with E-state index in [-0.39, 0.29) is 0 Å². The normalized spacial score (nSPS) is 10.2. The second-order valence-corrected chi connectivity index (χ2v) is 2.28. The molecule has 0 radical (unpaired) electrons. The zero-order valence-electron chi connectivity index (χ0n) is 6.35. The molecule has 0 N–H and O–H groups in total. The first kappa shape index (κ1) is 7.60. The van der Waals surface area contributed by atoms with Gasteiger partial charge in [0, 0.05) is 0 Å². The highest BCUT2D eigenvalue weighted by Gasteiger charge is 1.93. The average molecular weight is 180 g/mol. The summed E-state index contributed by atoms with van der Waals surface area (Å²) in [5.74, 6) is -2.20. The summed E-state index contributed by atoms with van der Waals surface area (Å²) in [5.41, 5.74) is 0.596. The topological polar surface area (TPSA) is 73.6 Å². The summed E-state index contributed by atoms with van der Waals surface area (Å²) in [6.45, 7) is 0. The summed E-state index contributed by atoms with van der Waals surface area (Å²) in [7, 11) is 0. The van der Waals surface area contributed by atoms with Gasteiger partial charge < -0.3 is 13.3 Å². The van der Waals surface area contributed by atoms with Crippen LogP contribution >= 0.6 is 0 Å². The van der Waals surface area contributed by atoms with Crippen LogP contribution in [0.4, 0.5) is 0 Å². The van der Waals surface area contributed by atoms with E-state index >= 15 is 0 Å². The summed E-state index contributed by atoms with van der Waals surface area (Å²) in [4.78, 5) is 21.5. The lowest BCUT2D eigenvalue weighted by atomic mass is 10.3. The van der Waals surface area contributed by atoms with E-state index in [9.17, 15) is 9.59 Å². The minimum atomic E-state index is -1.10. The van der Waals surface area contributed by atoms with Crippen LogP contribution in [0.2, 0.25) is 0 Å². The molecule has 0 saturated carbocycles. The van der Waals surface area contributed by atoms with Crippen LogP contribution in [0.1, 0.15) is 0 Å². The van der Waals surface area contributed by atoms with Crippen molar-refractivity contribution in [2.24, 2.45) is 0 Å². The van der Waals surface area contributed by atoms with Crippen molar-refractivity contribution < 1.29 is 13.3 Å². The van der Waals surface area contributed by atoms with E-state index in [4.69, 9.17) is 0 Å². The third-order valence-corrected chi connectivity index (χ3v) is 1.39. The van der Waals surface area contributed by atoms with Gasteiger partial charge in [0.25, 0.3) is 0 Å². The van der Waals surface area contributed by atoms with Gasteiger partial charge in [0.1, 0.15) is 11.2 Å². The molecule has 2 bridgehead atoms. The minimum absolute atomic E-state index is 0.298. The quantitative estimate of drug-likeness (QED) is 0.602. The van der Waals surface area contributed by atoms with Gasteiger partial charge >= 0.3 is 11.6 Å². The van der Waals surface area contributed by atoms with Crippen LogP contribution in [-0.4, -0.2) is 0 Å². The molecule has 2 heterocycles. The predicted octanol–water partition coefficient (Wildman–Crippen LogP) is 0.901. The van der Waals surface area contributed by atoms with Crippen LogP contribution in [0.5, 0.6) is 0 Å². The molecular weight excluding hydrogens is 176 g/mol. The third-order valence-electron chi connectivity index (χ3n) is 1.39. The Kier molecular flexibility index (Phi) is 1.63. The van der Waals surface area contributed by atoms with E-state index in [2.05, 4.69) is 13.3 Å². The van der Waals surface area contributed by atoms with Crippen molar-refractivity contribution in [2.45, 2.75) is 0 Å². The van der Waals surface area contributed by atoms with E-state index in [0.717, 1.165) is 0 Å². The monoisotopic (exact) mass is 180 g/mol. The largest absolute Gasteiger partial charge is 0.524 e. The highest BCUT2D eigenvalue weighted by atomic mass is 16.6. The lowest BCUT2D eigenvalue weighted by Gasteiger charge is -1.82. The molecule has 0 atom stereocenters. The standard InChI is InChI=1S/C8H4O5/c9-7-11-5-1-2-6(4-3-5)12-8(10)13-7/h1-4H. The fourth-order valence-electron chi connectivity index (χ4n) is 0.878. The molecule has 3 rings (SSSR count). The number of hydrogen-bond acceptors (Lipinski definition) is 5. The van der Waals surface area contributed by atoms with Crippen molar-refractivity contribution >= 4 is 11.2 Å². The number of hydrogen-bond donors (Lipinski definition) is 0. The second-order valence-electron chi connectivity index (χ2n) is 2.28. The Morgan fingerprint density at radius 1 is 0.692 bits per heavy atom. The molecule has 66 valence electrons. The Morgan fingerprint density at radius 2 is 1.08 bits per heavy atom. The Hall–Kier alpha value is -2.04. The molecule has 0 unspecified atom stereocenters. The Balaban J connectivity index is 3.07. The van der Waals surface area contributed by atoms with Gasteiger partial charge in [0.05, 0.1) is 0 Å². The van der Waals surface area contributed by atoms with Crippen molar-refractivity contribution in [1.82, 2.24) is 0 Å². The zero-order valence-corrected chi connectivity index (χ0v) is 6.35. The molecule has 3 aromatic rings. The van der Waals surface area contributed by atoms with Crippen LogP contribution in [0.25, 0.3) is 11.2 Å². The van der Waals surface area contributed by atoms with Crippen LogP contribution in [-0.2, 0) is 0 Å². The van der Waals surface area contributed by atoms with Crippen molar-refractivity contribution in [3.63, 3.8) is 0 Å². The maximum absolute atomic E-state index is 10.7. The maximum Gasteiger partial charge on any atom is 0.524 e. The molecule has 1 aromatic carbocycles. The Bertz CT molecular complexity index is 487. The molecule has 0 aliphatic heterocycles. The van der Waals surface area contributed by atoms with Crippen molar-refractivity contribution in [3.8, 4) is 0 Å². The van der Waals surface area contributed by atoms with Gasteiger partial charge in [-0.2, -0.15) is 0 Å². The van der Waals surface area contributed by atoms with E-state index in [1.54, 1.807) is 0 Å². The molecule has 0 aliphatic rings. The minimum Gasteiger partial charge on any atom is -0.395 e. The second kappa shape index (κ2) is 2.78. The van der Waals surface area contributed by atoms with Crippen LogP contribution in [0.15, 0.2) is 47.1 Å². The summed E-state index contributed by atoms with van der Waals surface area (Å²) < 4.78 is 13.3. The first-order chi connectivity index (χ1) is 6.24. The molecule has 5 heteroatoms. The average Bonchev–Trinajstić information content (AvgIpc) is 2.16. The molecule has 0 saturated heterocycles. The lowest BCUT2D eigenvalue weighted by Crippen LogP contribution is -2.02. The Labute approximate surface area is 70.9 Å². The summed E-state index contributed by atoms with van der Waals surface area (Å²) in [5, 5.41) is 0. The summed E-state index contributed by atoms with van der Waals surface area (Å²) in [6.07, 6.45) is 0. The highest BCUT2D eigenvalue weighted by molar-refractivity contribution is 5.51. The van der Waals surface area contributed by atoms with Crippen LogP contribution in [0, 0.1) is 0 Å². The van der Waals surface area contributed by atoms with Crippen molar-refractivity contribution in [3.05, 3.63) is 45.5 Å². The van der Waals surface area contributed by atoms with Gasteiger partial charge in [-0.1, -0.05) is 0 Å². The molecule has 5 nitrogen and oxygen atoms in total. The van der Waals surface area contributed by atoms with Gasteiger partial charge in [0.2, 0.25) is 0 Å². The third kappa shape index (κ3) is 1.58. The molecular formula is C8H4O5. The summed E-state index contributed by atoms with van der Waals surface area (Å²) in [6, 6.07) is 5.98. The first-order valence-electron chi connectivity index (χ1n) is 3.45. The Morgan fingerprint density at radius 3 is 1.46 bits per heavy atom. The van der Waals surface area contributed by atoms with Gasteiger partial charge in [-0.15, -0.1) is 0 Å². The van der Waals surface area contributed by atoms with Crippen molar-refractivity contribution in [1.29, 1.82) is 0 Å². The lowest BCUT2D eigenvalue weighted by molar-refractivity contribution is 0.269. The fourth-order valence-corrected chi connectivity index (χ4v) is 0.878. The SMILES string of the molecule is O=c1oc(=O)oc2ccc(cc2)o1. The van der Waals surface area contributed by atoms with Gasteiger partial charge in [0.15, 0.2) is 0 Å². The predicted molar refractivity (Wildman–Crippen MR) is 42.1 cm³/mol. The highest BCUT2D eigenvalue weighted by Crippen LogP contribution is 2.02. The zero-order chi connectivity index (χ0) is 9.26. The fraction of sp³-hybridized carbons (Fsp3) is 0.